The number of phenolic OH excluding ortho intramolecular Hbond substituents is 1. The first-order chi connectivity index (χ1) is 13.6. The zero-order chi connectivity index (χ0) is 19.0. The normalized spacial score (nSPS) is 15.9. The maximum Gasteiger partial charge on any atom is 0.262 e. The number of aromatic hydroxyl groups is 1. The molecule has 0 atom stereocenters. The largest absolute Gasteiger partial charge is 0.506 e. The number of amides is 2. The van der Waals surface area contributed by atoms with Gasteiger partial charge in [-0.2, -0.15) is 0 Å². The first kappa shape index (κ1) is 15.2. The number of benzene rings is 3. The molecule has 3 aromatic carbocycles. The number of carbonyl (C=O) groups is 2. The fourth-order valence-electron chi connectivity index (χ4n) is 3.94. The Morgan fingerprint density at radius 2 is 1.50 bits per heavy atom. The number of rotatable bonds is 1. The van der Waals surface area contributed by atoms with E-state index in [9.17, 15) is 14.7 Å². The summed E-state index contributed by atoms with van der Waals surface area (Å²) >= 11 is 0. The maximum absolute atomic E-state index is 12.6. The van der Waals surface area contributed by atoms with E-state index in [0.29, 0.717) is 44.9 Å². The summed E-state index contributed by atoms with van der Waals surface area (Å²) in [5.74, 6) is 0.543. The maximum atomic E-state index is 12.6. The van der Waals surface area contributed by atoms with E-state index >= 15 is 0 Å². The second-order valence-electron chi connectivity index (χ2n) is 6.55. The minimum atomic E-state index is -0.640. The van der Waals surface area contributed by atoms with Crippen molar-refractivity contribution in [2.45, 2.75) is 0 Å². The standard InChI is InChI=1S/C20H11NO7/c22-17-9-2-4-11-18(28-7-26-11)14(9)13(15-16(17)20(24)21-19(15)23)8-1-3-10-12(5-8)27-6-25-10/h1-5,22H,6-7H2,(H,21,23,24). The smallest absolute Gasteiger partial charge is 0.262 e. The Morgan fingerprint density at radius 3 is 2.39 bits per heavy atom. The summed E-state index contributed by atoms with van der Waals surface area (Å²) in [6.07, 6.45) is 0. The molecule has 0 aromatic heterocycles. The lowest BCUT2D eigenvalue weighted by Gasteiger charge is -2.15. The fraction of sp³-hybridized carbons (Fsp3) is 0.100. The van der Waals surface area contributed by atoms with E-state index in [4.69, 9.17) is 18.9 Å². The second-order valence-corrected chi connectivity index (χ2v) is 6.55. The van der Waals surface area contributed by atoms with Crippen LogP contribution in [0.3, 0.4) is 0 Å². The van der Waals surface area contributed by atoms with Crippen LogP contribution in [0.25, 0.3) is 21.9 Å². The summed E-state index contributed by atoms with van der Waals surface area (Å²) in [7, 11) is 0. The molecule has 0 saturated carbocycles. The summed E-state index contributed by atoms with van der Waals surface area (Å²) < 4.78 is 21.9. The molecule has 0 spiro atoms. The van der Waals surface area contributed by atoms with Crippen LogP contribution >= 0.6 is 0 Å². The van der Waals surface area contributed by atoms with Crippen molar-refractivity contribution in [3.63, 3.8) is 0 Å². The number of hydrogen-bond acceptors (Lipinski definition) is 7. The Bertz CT molecular complexity index is 1250. The van der Waals surface area contributed by atoms with Crippen LogP contribution in [0.5, 0.6) is 28.7 Å². The van der Waals surface area contributed by atoms with Crippen LogP contribution in [0.1, 0.15) is 20.7 Å². The lowest BCUT2D eigenvalue weighted by Crippen LogP contribution is -2.20. The first-order valence-electron chi connectivity index (χ1n) is 8.50. The van der Waals surface area contributed by atoms with Gasteiger partial charge in [0.2, 0.25) is 13.6 Å². The topological polar surface area (TPSA) is 103 Å². The third-order valence-electron chi connectivity index (χ3n) is 5.12. The Hall–Kier alpha value is -3.94. The van der Waals surface area contributed by atoms with E-state index in [1.54, 1.807) is 30.3 Å². The lowest BCUT2D eigenvalue weighted by atomic mass is 9.88. The minimum Gasteiger partial charge on any atom is -0.506 e. The van der Waals surface area contributed by atoms with Crippen molar-refractivity contribution in [3.05, 3.63) is 41.5 Å². The monoisotopic (exact) mass is 377 g/mol. The number of carbonyl (C=O) groups excluding carboxylic acids is 2. The molecule has 8 nitrogen and oxygen atoms in total. The predicted octanol–water partition coefficient (Wildman–Crippen LogP) is 2.55. The average Bonchev–Trinajstić information content (AvgIpc) is 3.40. The van der Waals surface area contributed by atoms with Crippen molar-refractivity contribution >= 4 is 22.6 Å². The summed E-state index contributed by atoms with van der Waals surface area (Å²) in [6, 6.07) is 8.54. The van der Waals surface area contributed by atoms with E-state index < -0.39 is 11.8 Å². The van der Waals surface area contributed by atoms with Gasteiger partial charge < -0.3 is 24.1 Å². The van der Waals surface area contributed by atoms with Gasteiger partial charge in [-0.1, -0.05) is 6.07 Å². The molecule has 3 aromatic rings. The minimum absolute atomic E-state index is 0.0258. The van der Waals surface area contributed by atoms with Gasteiger partial charge in [0.05, 0.1) is 11.1 Å². The molecule has 2 N–H and O–H groups in total. The van der Waals surface area contributed by atoms with Gasteiger partial charge in [0.15, 0.2) is 23.0 Å². The molecule has 6 rings (SSSR count). The third kappa shape index (κ3) is 1.78. The van der Waals surface area contributed by atoms with Gasteiger partial charge in [0.25, 0.3) is 11.8 Å². The third-order valence-corrected chi connectivity index (χ3v) is 5.12. The van der Waals surface area contributed by atoms with E-state index in [1.165, 1.54) is 0 Å². The fourth-order valence-corrected chi connectivity index (χ4v) is 3.94. The molecule has 3 aliphatic heterocycles. The number of nitrogens with one attached hydrogen (secondary N) is 1. The summed E-state index contributed by atoms with van der Waals surface area (Å²) in [4.78, 5) is 25.0. The Labute approximate surface area is 157 Å². The highest BCUT2D eigenvalue weighted by atomic mass is 16.7. The first-order valence-corrected chi connectivity index (χ1v) is 8.50. The molecule has 3 aliphatic rings. The number of phenols is 1. The van der Waals surface area contributed by atoms with Crippen molar-refractivity contribution in [1.29, 1.82) is 0 Å². The zero-order valence-electron chi connectivity index (χ0n) is 14.2. The Kier molecular flexibility index (Phi) is 2.74. The van der Waals surface area contributed by atoms with Crippen LogP contribution in [0, 0.1) is 0 Å². The highest BCUT2D eigenvalue weighted by Gasteiger charge is 2.37. The summed E-state index contributed by atoms with van der Waals surface area (Å²) in [5.41, 5.74) is 1.13. The number of ether oxygens (including phenoxy) is 4. The van der Waals surface area contributed by atoms with E-state index in [1.807, 2.05) is 0 Å². The molecule has 0 aliphatic carbocycles. The molecular formula is C20H11NO7. The highest BCUT2D eigenvalue weighted by Crippen LogP contribution is 2.51. The zero-order valence-corrected chi connectivity index (χ0v) is 14.2. The molecule has 0 radical (unpaired) electrons. The second kappa shape index (κ2) is 5.07. The van der Waals surface area contributed by atoms with Gasteiger partial charge >= 0.3 is 0 Å². The number of imide groups is 1. The van der Waals surface area contributed by atoms with Gasteiger partial charge in [-0.25, -0.2) is 0 Å². The summed E-state index contributed by atoms with van der Waals surface area (Å²) in [6.45, 7) is 0.135. The molecule has 0 saturated heterocycles. The Morgan fingerprint density at radius 1 is 0.786 bits per heavy atom. The highest BCUT2D eigenvalue weighted by molar-refractivity contribution is 6.30. The van der Waals surface area contributed by atoms with Crippen molar-refractivity contribution in [2.75, 3.05) is 13.6 Å². The molecule has 2 amide bonds. The summed E-state index contributed by atoms with van der Waals surface area (Å²) in [5, 5.41) is 13.9. The predicted molar refractivity (Wildman–Crippen MR) is 95.1 cm³/mol. The SMILES string of the molecule is O=C1NC(=O)c2c1c(O)c1ccc3c(c1c2-c1ccc2c(c1)OCO2)OCO3. The average molecular weight is 377 g/mol. The number of hydrogen-bond donors (Lipinski definition) is 2. The van der Waals surface area contributed by atoms with Crippen molar-refractivity contribution in [3.8, 4) is 39.9 Å². The molecule has 3 heterocycles. The number of fused-ring (bicyclic) bond motifs is 5. The molecule has 0 unspecified atom stereocenters. The van der Waals surface area contributed by atoms with E-state index in [0.717, 1.165) is 0 Å². The van der Waals surface area contributed by atoms with Gasteiger partial charge in [-0.05, 0) is 29.8 Å². The van der Waals surface area contributed by atoms with Crippen molar-refractivity contribution in [2.24, 2.45) is 0 Å². The quantitative estimate of drug-likeness (QED) is 0.628. The van der Waals surface area contributed by atoms with Crippen molar-refractivity contribution in [1.82, 2.24) is 5.32 Å². The molecular weight excluding hydrogens is 366 g/mol. The van der Waals surface area contributed by atoms with E-state index in [2.05, 4.69) is 5.32 Å². The van der Waals surface area contributed by atoms with Crippen LogP contribution in [0.4, 0.5) is 0 Å². The molecule has 0 fully saturated rings. The molecule has 138 valence electrons. The van der Waals surface area contributed by atoms with Crippen LogP contribution in [0.2, 0.25) is 0 Å². The molecule has 28 heavy (non-hydrogen) atoms. The van der Waals surface area contributed by atoms with Crippen LogP contribution < -0.4 is 24.3 Å². The van der Waals surface area contributed by atoms with Crippen molar-refractivity contribution < 1.29 is 33.6 Å². The van der Waals surface area contributed by atoms with Gasteiger partial charge in [0.1, 0.15) is 5.75 Å². The van der Waals surface area contributed by atoms with Crippen LogP contribution in [-0.2, 0) is 0 Å². The molecule has 8 heteroatoms. The van der Waals surface area contributed by atoms with Gasteiger partial charge in [0, 0.05) is 16.3 Å². The molecule has 0 bridgehead atoms. The van der Waals surface area contributed by atoms with E-state index in [-0.39, 0.29) is 30.5 Å². The van der Waals surface area contributed by atoms with Gasteiger partial charge in [-0.3, -0.25) is 14.9 Å². The van der Waals surface area contributed by atoms with Crippen LogP contribution in [-0.4, -0.2) is 30.5 Å². The lowest BCUT2D eigenvalue weighted by molar-refractivity contribution is 0.0879. The van der Waals surface area contributed by atoms with Gasteiger partial charge in [-0.15, -0.1) is 0 Å². The Balaban J connectivity index is 1.80. The van der Waals surface area contributed by atoms with Crippen LogP contribution in [0.15, 0.2) is 30.3 Å².